The number of hydrogen-bond acceptors (Lipinski definition) is 6. The summed E-state index contributed by atoms with van der Waals surface area (Å²) in [5, 5.41) is 15.6. The van der Waals surface area contributed by atoms with Crippen LogP contribution in [0.5, 0.6) is 0 Å². The molecule has 1 atom stereocenters. The van der Waals surface area contributed by atoms with Crippen LogP contribution in [0.15, 0.2) is 12.3 Å². The van der Waals surface area contributed by atoms with Crippen molar-refractivity contribution in [2.45, 2.75) is 13.0 Å². The molecule has 0 aliphatic heterocycles. The summed E-state index contributed by atoms with van der Waals surface area (Å²) in [6, 6.07) is 1.63. The minimum absolute atomic E-state index is 0.134. The van der Waals surface area contributed by atoms with Crippen molar-refractivity contribution in [3.63, 3.8) is 0 Å². The molecule has 0 aromatic carbocycles. The third-order valence-electron chi connectivity index (χ3n) is 2.42. The molecule has 1 unspecified atom stereocenters. The number of hydrogen-bond donors (Lipinski definition) is 1. The van der Waals surface area contributed by atoms with Gasteiger partial charge in [0.25, 0.3) is 5.91 Å². The Morgan fingerprint density at radius 1 is 1.56 bits per heavy atom. The Hall–Kier alpha value is -1.80. The summed E-state index contributed by atoms with van der Waals surface area (Å²) >= 11 is 1.29. The first kappa shape index (κ1) is 12.7. The molecule has 2 aromatic heterocycles. The van der Waals surface area contributed by atoms with E-state index in [-0.39, 0.29) is 12.0 Å². The molecule has 0 aliphatic rings. The molecule has 96 valence electrons. The van der Waals surface area contributed by atoms with Gasteiger partial charge in [0.05, 0.1) is 0 Å². The van der Waals surface area contributed by atoms with Crippen LogP contribution in [0, 0.1) is 0 Å². The summed E-state index contributed by atoms with van der Waals surface area (Å²) in [4.78, 5) is 11.9. The molecule has 0 saturated carbocycles. The maximum absolute atomic E-state index is 11.9. The van der Waals surface area contributed by atoms with Gasteiger partial charge in [0, 0.05) is 20.4 Å². The van der Waals surface area contributed by atoms with Gasteiger partial charge in [0.1, 0.15) is 16.8 Å². The van der Waals surface area contributed by atoms with Crippen LogP contribution >= 0.6 is 11.3 Å². The van der Waals surface area contributed by atoms with Crippen molar-refractivity contribution in [2.24, 2.45) is 7.05 Å². The molecule has 2 heterocycles. The molecular formula is C10H13N5O2S. The van der Waals surface area contributed by atoms with E-state index in [9.17, 15) is 4.79 Å². The SMILES string of the molecule is COC(C)c1nnc(NC(=O)c2ccnn2C)s1. The average molecular weight is 267 g/mol. The van der Waals surface area contributed by atoms with Crippen molar-refractivity contribution in [1.82, 2.24) is 20.0 Å². The first-order valence-electron chi connectivity index (χ1n) is 5.27. The third-order valence-corrected chi connectivity index (χ3v) is 3.42. The molecule has 1 amide bonds. The highest BCUT2D eigenvalue weighted by Gasteiger charge is 2.15. The monoisotopic (exact) mass is 267 g/mol. The molecule has 0 bridgehead atoms. The maximum atomic E-state index is 11.9. The summed E-state index contributed by atoms with van der Waals surface area (Å²) in [6.07, 6.45) is 1.43. The summed E-state index contributed by atoms with van der Waals surface area (Å²) in [7, 11) is 3.30. The molecular weight excluding hydrogens is 254 g/mol. The number of carbonyl (C=O) groups excluding carboxylic acids is 1. The predicted octanol–water partition coefficient (Wildman–Crippen LogP) is 1.23. The number of methoxy groups -OCH3 is 1. The van der Waals surface area contributed by atoms with Crippen LogP contribution in [0.2, 0.25) is 0 Å². The number of rotatable bonds is 4. The van der Waals surface area contributed by atoms with Crippen LogP contribution in [-0.4, -0.2) is 33.0 Å². The zero-order valence-electron chi connectivity index (χ0n) is 10.2. The lowest BCUT2D eigenvalue weighted by atomic mass is 10.4. The fourth-order valence-corrected chi connectivity index (χ4v) is 2.08. The Balaban J connectivity index is 2.08. The van der Waals surface area contributed by atoms with E-state index in [1.807, 2.05) is 6.92 Å². The van der Waals surface area contributed by atoms with Gasteiger partial charge >= 0.3 is 0 Å². The number of nitrogens with one attached hydrogen (secondary N) is 1. The summed E-state index contributed by atoms with van der Waals surface area (Å²) in [5.74, 6) is -0.261. The van der Waals surface area contributed by atoms with E-state index in [0.29, 0.717) is 10.8 Å². The number of aryl methyl sites for hydroxylation is 1. The van der Waals surface area contributed by atoms with Gasteiger partial charge in [-0.15, -0.1) is 10.2 Å². The lowest BCUT2D eigenvalue weighted by Gasteiger charge is -2.02. The molecule has 0 spiro atoms. The number of ether oxygens (including phenoxy) is 1. The van der Waals surface area contributed by atoms with Crippen LogP contribution in [0.25, 0.3) is 0 Å². The highest BCUT2D eigenvalue weighted by Crippen LogP contribution is 2.23. The van der Waals surface area contributed by atoms with E-state index in [1.165, 1.54) is 16.0 Å². The van der Waals surface area contributed by atoms with Crippen LogP contribution in [-0.2, 0) is 11.8 Å². The van der Waals surface area contributed by atoms with Gasteiger partial charge in [0.15, 0.2) is 0 Å². The Labute approximate surface area is 108 Å². The highest BCUT2D eigenvalue weighted by molar-refractivity contribution is 7.15. The van der Waals surface area contributed by atoms with E-state index in [2.05, 4.69) is 20.6 Å². The van der Waals surface area contributed by atoms with Crippen LogP contribution < -0.4 is 5.32 Å². The second-order valence-electron chi connectivity index (χ2n) is 3.62. The average Bonchev–Trinajstić information content (AvgIpc) is 2.97. The van der Waals surface area contributed by atoms with Gasteiger partial charge in [0.2, 0.25) is 5.13 Å². The number of nitrogens with zero attached hydrogens (tertiary/aromatic N) is 4. The number of aromatic nitrogens is 4. The first-order valence-corrected chi connectivity index (χ1v) is 6.09. The molecule has 1 N–H and O–H groups in total. The zero-order chi connectivity index (χ0) is 13.1. The van der Waals surface area contributed by atoms with Crippen molar-refractivity contribution in [3.05, 3.63) is 23.0 Å². The molecule has 2 rings (SSSR count). The van der Waals surface area contributed by atoms with E-state index in [1.54, 1.807) is 26.4 Å². The number of amides is 1. The van der Waals surface area contributed by atoms with Crippen molar-refractivity contribution < 1.29 is 9.53 Å². The van der Waals surface area contributed by atoms with E-state index in [4.69, 9.17) is 4.74 Å². The van der Waals surface area contributed by atoms with Gasteiger partial charge in [-0.05, 0) is 13.0 Å². The fraction of sp³-hybridized carbons (Fsp3) is 0.400. The molecule has 8 heteroatoms. The Bertz CT molecular complexity index is 550. The van der Waals surface area contributed by atoms with Gasteiger partial charge < -0.3 is 4.74 Å². The minimum atomic E-state index is -0.261. The van der Waals surface area contributed by atoms with Crippen molar-refractivity contribution in [3.8, 4) is 0 Å². The second kappa shape index (κ2) is 5.23. The molecule has 7 nitrogen and oxygen atoms in total. The molecule has 0 radical (unpaired) electrons. The first-order chi connectivity index (χ1) is 8.61. The lowest BCUT2D eigenvalue weighted by molar-refractivity contribution is 0.101. The molecule has 18 heavy (non-hydrogen) atoms. The molecule has 0 saturated heterocycles. The van der Waals surface area contributed by atoms with Crippen LogP contribution in [0.1, 0.15) is 28.5 Å². The van der Waals surface area contributed by atoms with Gasteiger partial charge in [-0.2, -0.15) is 5.10 Å². The predicted molar refractivity (Wildman–Crippen MR) is 66.5 cm³/mol. The standard InChI is InChI=1S/C10H13N5O2S/c1-6(17-3)9-13-14-10(18-9)12-8(16)7-4-5-11-15(7)2/h4-6H,1-3H3,(H,12,14,16). The largest absolute Gasteiger partial charge is 0.374 e. The zero-order valence-corrected chi connectivity index (χ0v) is 11.1. The summed E-state index contributed by atoms with van der Waals surface area (Å²) < 4.78 is 6.62. The van der Waals surface area contributed by atoms with Crippen molar-refractivity contribution in [1.29, 1.82) is 0 Å². The minimum Gasteiger partial charge on any atom is -0.374 e. The summed E-state index contributed by atoms with van der Waals surface area (Å²) in [6.45, 7) is 1.87. The normalized spacial score (nSPS) is 12.4. The smallest absolute Gasteiger partial charge is 0.275 e. The number of carbonyl (C=O) groups is 1. The third kappa shape index (κ3) is 2.54. The quantitative estimate of drug-likeness (QED) is 0.901. The van der Waals surface area contributed by atoms with Crippen molar-refractivity contribution >= 4 is 22.4 Å². The number of anilines is 1. The molecule has 0 aliphatic carbocycles. The van der Waals surface area contributed by atoms with E-state index >= 15 is 0 Å². The van der Waals surface area contributed by atoms with Gasteiger partial charge in [-0.25, -0.2) is 0 Å². The second-order valence-corrected chi connectivity index (χ2v) is 4.63. The van der Waals surface area contributed by atoms with E-state index < -0.39 is 0 Å². The van der Waals surface area contributed by atoms with Gasteiger partial charge in [-0.1, -0.05) is 11.3 Å². The van der Waals surface area contributed by atoms with E-state index in [0.717, 1.165) is 5.01 Å². The molecule has 0 fully saturated rings. The Morgan fingerprint density at radius 2 is 2.33 bits per heavy atom. The lowest BCUT2D eigenvalue weighted by Crippen LogP contribution is -2.15. The van der Waals surface area contributed by atoms with Gasteiger partial charge in [-0.3, -0.25) is 14.8 Å². The van der Waals surface area contributed by atoms with Crippen LogP contribution in [0.4, 0.5) is 5.13 Å². The fourth-order valence-electron chi connectivity index (χ4n) is 1.31. The Kier molecular flexibility index (Phi) is 3.68. The van der Waals surface area contributed by atoms with Crippen molar-refractivity contribution in [2.75, 3.05) is 12.4 Å². The topological polar surface area (TPSA) is 81.9 Å². The molecule has 2 aromatic rings. The maximum Gasteiger partial charge on any atom is 0.275 e. The summed E-state index contributed by atoms with van der Waals surface area (Å²) in [5.41, 5.74) is 0.464. The highest BCUT2D eigenvalue weighted by atomic mass is 32.1. The van der Waals surface area contributed by atoms with Crippen LogP contribution in [0.3, 0.4) is 0 Å². The Morgan fingerprint density at radius 3 is 2.94 bits per heavy atom.